The van der Waals surface area contributed by atoms with E-state index in [-0.39, 0.29) is 23.6 Å². The Morgan fingerprint density at radius 1 is 1.17 bits per heavy atom. The van der Waals surface area contributed by atoms with Gasteiger partial charge in [-0.3, -0.25) is 4.79 Å². The van der Waals surface area contributed by atoms with Gasteiger partial charge in [-0.15, -0.1) is 0 Å². The van der Waals surface area contributed by atoms with Gasteiger partial charge in [0.1, 0.15) is 0 Å². The number of hydrogen-bond acceptors (Lipinski definition) is 5. The molecule has 0 aromatic heterocycles. The Hall–Kier alpha value is -2.37. The van der Waals surface area contributed by atoms with Crippen molar-refractivity contribution in [1.29, 1.82) is 0 Å². The Balaban J connectivity index is 1.97. The molecule has 0 spiro atoms. The average molecular weight is 319 g/mol. The minimum absolute atomic E-state index is 0.0964. The number of hydrogen-bond donors (Lipinski definition) is 0. The Morgan fingerprint density at radius 3 is 2.43 bits per heavy atom. The quantitative estimate of drug-likeness (QED) is 0.792. The van der Waals surface area contributed by atoms with Gasteiger partial charge in [0.25, 0.3) is 5.91 Å². The van der Waals surface area contributed by atoms with E-state index in [1.165, 1.54) is 19.2 Å². The zero-order chi connectivity index (χ0) is 16.8. The predicted molar refractivity (Wildman–Crippen MR) is 83.0 cm³/mol. The summed E-state index contributed by atoms with van der Waals surface area (Å²) in [6.07, 6.45) is 2.07. The third kappa shape index (κ3) is 4.31. The van der Waals surface area contributed by atoms with Crippen molar-refractivity contribution >= 4 is 17.8 Å². The molecule has 2 rings (SSSR count). The molecule has 0 N–H and O–H groups in total. The molecule has 124 valence electrons. The predicted octanol–water partition coefficient (Wildman–Crippen LogP) is 1.89. The van der Waals surface area contributed by atoms with Gasteiger partial charge in [-0.05, 0) is 30.9 Å². The zero-order valence-corrected chi connectivity index (χ0v) is 13.4. The summed E-state index contributed by atoms with van der Waals surface area (Å²) in [6.45, 7) is 3.16. The van der Waals surface area contributed by atoms with Crippen LogP contribution in [0.5, 0.6) is 0 Å². The van der Waals surface area contributed by atoms with Crippen molar-refractivity contribution in [2.24, 2.45) is 5.92 Å². The largest absolute Gasteiger partial charge is 0.465 e. The second-order valence-electron chi connectivity index (χ2n) is 5.70. The lowest BCUT2D eigenvalue weighted by Gasteiger charge is -2.30. The number of carbonyl (C=O) groups is 3. The van der Waals surface area contributed by atoms with E-state index in [2.05, 4.69) is 11.7 Å². The SMILES string of the molecule is COC(=O)c1ccccc1C(=O)OCC(=O)N1CCCC(C)C1. The van der Waals surface area contributed by atoms with Gasteiger partial charge >= 0.3 is 11.9 Å². The minimum atomic E-state index is -0.704. The van der Waals surface area contributed by atoms with Crippen LogP contribution in [0.25, 0.3) is 0 Å². The molecule has 0 saturated carbocycles. The first-order valence-electron chi connectivity index (χ1n) is 7.65. The van der Waals surface area contributed by atoms with Crippen LogP contribution in [0.1, 0.15) is 40.5 Å². The number of carbonyl (C=O) groups excluding carboxylic acids is 3. The van der Waals surface area contributed by atoms with Gasteiger partial charge < -0.3 is 14.4 Å². The fraction of sp³-hybridized carbons (Fsp3) is 0.471. The molecule has 6 nitrogen and oxygen atoms in total. The summed E-state index contributed by atoms with van der Waals surface area (Å²) in [7, 11) is 1.24. The molecule has 1 unspecified atom stereocenters. The summed E-state index contributed by atoms with van der Waals surface area (Å²) in [5, 5.41) is 0. The molecule has 23 heavy (non-hydrogen) atoms. The summed E-state index contributed by atoms with van der Waals surface area (Å²) in [5.41, 5.74) is 0.221. The van der Waals surface area contributed by atoms with Crippen LogP contribution in [0, 0.1) is 5.92 Å². The molecule has 1 aromatic rings. The van der Waals surface area contributed by atoms with Gasteiger partial charge in [-0.1, -0.05) is 19.1 Å². The first-order chi connectivity index (χ1) is 11.0. The number of nitrogens with zero attached hydrogens (tertiary/aromatic N) is 1. The van der Waals surface area contributed by atoms with Crippen molar-refractivity contribution in [3.63, 3.8) is 0 Å². The molecule has 1 amide bonds. The lowest BCUT2D eigenvalue weighted by molar-refractivity contribution is -0.136. The molecule has 1 atom stereocenters. The maximum atomic E-state index is 12.1. The molecule has 1 aliphatic rings. The Kier molecular flexibility index (Phi) is 5.73. The summed E-state index contributed by atoms with van der Waals surface area (Å²) in [6, 6.07) is 6.21. The summed E-state index contributed by atoms with van der Waals surface area (Å²) >= 11 is 0. The number of likely N-dealkylation sites (tertiary alicyclic amines) is 1. The molecule has 0 aliphatic carbocycles. The number of esters is 2. The van der Waals surface area contributed by atoms with Gasteiger partial charge in [0.05, 0.1) is 18.2 Å². The van der Waals surface area contributed by atoms with Crippen LogP contribution in [-0.2, 0) is 14.3 Å². The Morgan fingerprint density at radius 2 is 1.83 bits per heavy atom. The highest BCUT2D eigenvalue weighted by Crippen LogP contribution is 2.16. The molecule has 1 aromatic carbocycles. The van der Waals surface area contributed by atoms with Crippen molar-refractivity contribution in [2.75, 3.05) is 26.8 Å². The average Bonchev–Trinajstić information content (AvgIpc) is 2.58. The lowest BCUT2D eigenvalue weighted by Crippen LogP contribution is -2.41. The van der Waals surface area contributed by atoms with Gasteiger partial charge in [0, 0.05) is 13.1 Å². The highest BCUT2D eigenvalue weighted by atomic mass is 16.5. The Labute approximate surface area is 135 Å². The van der Waals surface area contributed by atoms with Crippen LogP contribution in [0.15, 0.2) is 24.3 Å². The number of amides is 1. The zero-order valence-electron chi connectivity index (χ0n) is 13.4. The van der Waals surface area contributed by atoms with Crippen LogP contribution in [0.3, 0.4) is 0 Å². The maximum Gasteiger partial charge on any atom is 0.339 e. The van der Waals surface area contributed by atoms with E-state index in [0.29, 0.717) is 19.0 Å². The summed E-state index contributed by atoms with van der Waals surface area (Å²) in [4.78, 5) is 37.6. The van der Waals surface area contributed by atoms with Crippen LogP contribution in [0.2, 0.25) is 0 Å². The van der Waals surface area contributed by atoms with E-state index in [9.17, 15) is 14.4 Å². The van der Waals surface area contributed by atoms with Crippen molar-refractivity contribution in [3.05, 3.63) is 35.4 Å². The first-order valence-corrected chi connectivity index (χ1v) is 7.65. The fourth-order valence-corrected chi connectivity index (χ4v) is 2.66. The molecule has 1 fully saturated rings. The van der Waals surface area contributed by atoms with E-state index < -0.39 is 11.9 Å². The third-order valence-corrected chi connectivity index (χ3v) is 3.89. The topological polar surface area (TPSA) is 72.9 Å². The van der Waals surface area contributed by atoms with Crippen molar-refractivity contribution in [3.8, 4) is 0 Å². The van der Waals surface area contributed by atoms with Gasteiger partial charge in [0.2, 0.25) is 0 Å². The molecular formula is C17H21NO5. The number of methoxy groups -OCH3 is 1. The van der Waals surface area contributed by atoms with Gasteiger partial charge in [-0.25, -0.2) is 9.59 Å². The normalized spacial score (nSPS) is 17.5. The van der Waals surface area contributed by atoms with Gasteiger partial charge in [0.15, 0.2) is 6.61 Å². The van der Waals surface area contributed by atoms with Gasteiger partial charge in [-0.2, -0.15) is 0 Å². The second-order valence-corrected chi connectivity index (χ2v) is 5.70. The minimum Gasteiger partial charge on any atom is -0.465 e. The molecular weight excluding hydrogens is 298 g/mol. The van der Waals surface area contributed by atoms with E-state index in [1.54, 1.807) is 17.0 Å². The van der Waals surface area contributed by atoms with Crippen molar-refractivity contribution in [1.82, 2.24) is 4.90 Å². The first kappa shape index (κ1) is 17.0. The molecule has 1 heterocycles. The van der Waals surface area contributed by atoms with Crippen LogP contribution in [0.4, 0.5) is 0 Å². The number of piperidine rings is 1. The van der Waals surface area contributed by atoms with E-state index in [4.69, 9.17) is 4.74 Å². The van der Waals surface area contributed by atoms with E-state index in [1.807, 2.05) is 0 Å². The fourth-order valence-electron chi connectivity index (χ4n) is 2.66. The molecule has 1 aliphatic heterocycles. The lowest BCUT2D eigenvalue weighted by atomic mass is 10.0. The van der Waals surface area contributed by atoms with Crippen molar-refractivity contribution < 1.29 is 23.9 Å². The molecule has 0 radical (unpaired) electrons. The second kappa shape index (κ2) is 7.76. The summed E-state index contributed by atoms with van der Waals surface area (Å²) in [5.74, 6) is -1.07. The summed E-state index contributed by atoms with van der Waals surface area (Å²) < 4.78 is 9.71. The number of rotatable bonds is 4. The molecule has 1 saturated heterocycles. The number of ether oxygens (including phenoxy) is 2. The number of benzene rings is 1. The Bertz CT molecular complexity index is 598. The highest BCUT2D eigenvalue weighted by Gasteiger charge is 2.23. The smallest absolute Gasteiger partial charge is 0.339 e. The van der Waals surface area contributed by atoms with Crippen LogP contribution < -0.4 is 0 Å². The van der Waals surface area contributed by atoms with Crippen LogP contribution >= 0.6 is 0 Å². The van der Waals surface area contributed by atoms with Crippen LogP contribution in [-0.4, -0.2) is 49.6 Å². The van der Waals surface area contributed by atoms with E-state index >= 15 is 0 Å². The molecule has 0 bridgehead atoms. The monoisotopic (exact) mass is 319 g/mol. The molecule has 6 heteroatoms. The van der Waals surface area contributed by atoms with Crippen molar-refractivity contribution in [2.45, 2.75) is 19.8 Å². The maximum absolute atomic E-state index is 12.1. The third-order valence-electron chi connectivity index (χ3n) is 3.89. The standard InChI is InChI=1S/C17H21NO5/c1-12-6-5-9-18(10-12)15(19)11-23-17(21)14-8-4-3-7-13(14)16(20)22-2/h3-4,7-8,12H,5-6,9-11H2,1-2H3. The highest BCUT2D eigenvalue weighted by molar-refractivity contribution is 6.03. The van der Waals surface area contributed by atoms with E-state index in [0.717, 1.165) is 12.8 Å².